The molecule has 1 N–H and O–H groups in total. The summed E-state index contributed by atoms with van der Waals surface area (Å²) in [4.78, 5) is 0. The number of rotatable bonds is 2. The van der Waals surface area contributed by atoms with E-state index < -0.39 is 11.6 Å². The zero-order valence-electron chi connectivity index (χ0n) is 8.52. The van der Waals surface area contributed by atoms with Gasteiger partial charge in [0.25, 0.3) is 0 Å². The van der Waals surface area contributed by atoms with Crippen molar-refractivity contribution in [3.63, 3.8) is 0 Å². The molecule has 0 bridgehead atoms. The molecule has 1 aromatic carbocycles. The topological polar surface area (TPSA) is 21.3 Å². The highest BCUT2D eigenvalue weighted by atomic mass is 19.2. The Balaban J connectivity index is 2.13. The van der Waals surface area contributed by atoms with Crippen molar-refractivity contribution < 1.29 is 13.5 Å². The number of nitrogens with one attached hydrogen (secondary N) is 1. The minimum atomic E-state index is -0.873. The quantitative estimate of drug-likeness (QED) is 0.812. The van der Waals surface area contributed by atoms with Gasteiger partial charge in [-0.15, -0.1) is 0 Å². The first kappa shape index (κ1) is 10.4. The second-order valence-corrected chi connectivity index (χ2v) is 4.05. The van der Waals surface area contributed by atoms with Gasteiger partial charge >= 0.3 is 0 Å². The highest BCUT2D eigenvalue weighted by Gasteiger charge is 2.30. The molecular formula is C11H13F2NO. The fourth-order valence-corrected chi connectivity index (χ4v) is 1.71. The van der Waals surface area contributed by atoms with E-state index in [0.29, 0.717) is 5.75 Å². The maximum atomic E-state index is 12.9. The monoisotopic (exact) mass is 213 g/mol. The Labute approximate surface area is 87.2 Å². The SMILES string of the molecule is CC1(Oc2ccc(F)c(F)c2)CCNC1. The smallest absolute Gasteiger partial charge is 0.162 e. The second-order valence-electron chi connectivity index (χ2n) is 4.05. The molecule has 1 fully saturated rings. The normalized spacial score (nSPS) is 25.5. The van der Waals surface area contributed by atoms with Gasteiger partial charge in [-0.3, -0.25) is 0 Å². The van der Waals surface area contributed by atoms with E-state index in [1.807, 2.05) is 6.92 Å². The number of ether oxygens (including phenoxy) is 1. The summed E-state index contributed by atoms with van der Waals surface area (Å²) >= 11 is 0. The van der Waals surface area contributed by atoms with Crippen molar-refractivity contribution in [3.8, 4) is 5.75 Å². The van der Waals surface area contributed by atoms with Crippen LogP contribution < -0.4 is 10.1 Å². The number of hydrogen-bond acceptors (Lipinski definition) is 2. The molecule has 1 atom stereocenters. The minimum Gasteiger partial charge on any atom is -0.486 e. The first-order valence-electron chi connectivity index (χ1n) is 4.94. The molecule has 0 saturated carbocycles. The Kier molecular flexibility index (Phi) is 2.61. The fraction of sp³-hybridized carbons (Fsp3) is 0.455. The van der Waals surface area contributed by atoms with Crippen LogP contribution in [0.25, 0.3) is 0 Å². The second kappa shape index (κ2) is 3.77. The van der Waals surface area contributed by atoms with Crippen LogP contribution in [0.4, 0.5) is 8.78 Å². The first-order chi connectivity index (χ1) is 7.09. The molecular weight excluding hydrogens is 200 g/mol. The predicted molar refractivity (Wildman–Crippen MR) is 52.9 cm³/mol. The van der Waals surface area contributed by atoms with E-state index in [0.717, 1.165) is 31.6 Å². The van der Waals surface area contributed by atoms with Crippen molar-refractivity contribution in [2.24, 2.45) is 0 Å². The first-order valence-corrected chi connectivity index (χ1v) is 4.94. The summed E-state index contributed by atoms with van der Waals surface area (Å²) in [5, 5.41) is 3.17. The molecule has 0 radical (unpaired) electrons. The highest BCUT2D eigenvalue weighted by molar-refractivity contribution is 5.24. The van der Waals surface area contributed by atoms with Crippen LogP contribution in [0.3, 0.4) is 0 Å². The summed E-state index contributed by atoms with van der Waals surface area (Å²) in [5.41, 5.74) is -0.315. The fourth-order valence-electron chi connectivity index (χ4n) is 1.71. The Hall–Kier alpha value is -1.16. The molecule has 0 aliphatic carbocycles. The molecule has 4 heteroatoms. The van der Waals surface area contributed by atoms with Gasteiger partial charge in [-0.25, -0.2) is 8.78 Å². The summed E-state index contributed by atoms with van der Waals surface area (Å²) in [5.74, 6) is -1.35. The van der Waals surface area contributed by atoms with E-state index in [9.17, 15) is 8.78 Å². The van der Waals surface area contributed by atoms with E-state index in [-0.39, 0.29) is 5.60 Å². The van der Waals surface area contributed by atoms with Crippen molar-refractivity contribution in [2.75, 3.05) is 13.1 Å². The zero-order valence-corrected chi connectivity index (χ0v) is 8.52. The van der Waals surface area contributed by atoms with E-state index >= 15 is 0 Å². The lowest BCUT2D eigenvalue weighted by Gasteiger charge is -2.24. The lowest BCUT2D eigenvalue weighted by atomic mass is 10.1. The number of benzene rings is 1. The molecule has 1 aliphatic rings. The van der Waals surface area contributed by atoms with Crippen molar-refractivity contribution in [3.05, 3.63) is 29.8 Å². The van der Waals surface area contributed by atoms with Crippen molar-refractivity contribution >= 4 is 0 Å². The van der Waals surface area contributed by atoms with Gasteiger partial charge in [0.1, 0.15) is 11.4 Å². The highest BCUT2D eigenvalue weighted by Crippen LogP contribution is 2.24. The largest absolute Gasteiger partial charge is 0.486 e. The standard InChI is InChI=1S/C11H13F2NO/c1-11(4-5-14-7-11)15-8-2-3-9(12)10(13)6-8/h2-3,6,14H,4-5,7H2,1H3. The van der Waals surface area contributed by atoms with Gasteiger partial charge in [-0.2, -0.15) is 0 Å². The van der Waals surface area contributed by atoms with Crippen LogP contribution in [0.2, 0.25) is 0 Å². The number of halogens is 2. The van der Waals surface area contributed by atoms with Crippen LogP contribution in [0.1, 0.15) is 13.3 Å². The molecule has 1 aliphatic heterocycles. The minimum absolute atomic E-state index is 0.315. The predicted octanol–water partition coefficient (Wildman–Crippen LogP) is 2.10. The summed E-state index contributed by atoms with van der Waals surface area (Å²) in [6.07, 6.45) is 0.867. The van der Waals surface area contributed by atoms with E-state index in [2.05, 4.69) is 5.32 Å². The third-order valence-corrected chi connectivity index (χ3v) is 2.58. The number of hydrogen-bond donors (Lipinski definition) is 1. The maximum Gasteiger partial charge on any atom is 0.162 e. The van der Waals surface area contributed by atoms with Crippen LogP contribution in [0, 0.1) is 11.6 Å². The molecule has 0 amide bonds. The van der Waals surface area contributed by atoms with E-state index in [1.54, 1.807) is 0 Å². The average molecular weight is 213 g/mol. The molecule has 2 nitrogen and oxygen atoms in total. The van der Waals surface area contributed by atoms with Crippen molar-refractivity contribution in [1.82, 2.24) is 5.32 Å². The van der Waals surface area contributed by atoms with Gasteiger partial charge < -0.3 is 10.1 Å². The van der Waals surface area contributed by atoms with Gasteiger partial charge in [0.05, 0.1) is 0 Å². The van der Waals surface area contributed by atoms with Crippen LogP contribution in [0.15, 0.2) is 18.2 Å². The van der Waals surface area contributed by atoms with Gasteiger partial charge in [-0.1, -0.05) is 0 Å². The Morgan fingerprint density at radius 3 is 2.73 bits per heavy atom. The van der Waals surface area contributed by atoms with E-state index in [1.165, 1.54) is 6.07 Å². The van der Waals surface area contributed by atoms with Gasteiger partial charge in [0, 0.05) is 19.0 Å². The van der Waals surface area contributed by atoms with Crippen molar-refractivity contribution in [2.45, 2.75) is 18.9 Å². The molecule has 0 spiro atoms. The van der Waals surface area contributed by atoms with Crippen molar-refractivity contribution in [1.29, 1.82) is 0 Å². The molecule has 0 aromatic heterocycles. The molecule has 1 saturated heterocycles. The zero-order chi connectivity index (χ0) is 10.9. The molecule has 1 unspecified atom stereocenters. The van der Waals surface area contributed by atoms with Crippen LogP contribution in [0.5, 0.6) is 5.75 Å². The van der Waals surface area contributed by atoms with Crippen LogP contribution in [-0.4, -0.2) is 18.7 Å². The summed E-state index contributed by atoms with van der Waals surface area (Å²) < 4.78 is 31.2. The third-order valence-electron chi connectivity index (χ3n) is 2.58. The molecule has 1 heterocycles. The van der Waals surface area contributed by atoms with Gasteiger partial charge in [0.15, 0.2) is 11.6 Å². The Morgan fingerprint density at radius 2 is 2.13 bits per heavy atom. The maximum absolute atomic E-state index is 12.9. The Bertz CT molecular complexity index is 362. The Morgan fingerprint density at radius 1 is 1.33 bits per heavy atom. The van der Waals surface area contributed by atoms with Gasteiger partial charge in [0.2, 0.25) is 0 Å². The lowest BCUT2D eigenvalue weighted by Crippen LogP contribution is -2.34. The average Bonchev–Trinajstić information content (AvgIpc) is 2.59. The molecule has 82 valence electrons. The third kappa shape index (κ3) is 2.26. The summed E-state index contributed by atoms with van der Waals surface area (Å²) in [6, 6.07) is 3.61. The lowest BCUT2D eigenvalue weighted by molar-refractivity contribution is 0.110. The van der Waals surface area contributed by atoms with Gasteiger partial charge in [-0.05, 0) is 25.6 Å². The van der Waals surface area contributed by atoms with Crippen LogP contribution in [-0.2, 0) is 0 Å². The summed E-state index contributed by atoms with van der Waals surface area (Å²) in [6.45, 7) is 3.57. The summed E-state index contributed by atoms with van der Waals surface area (Å²) in [7, 11) is 0. The molecule has 1 aromatic rings. The van der Waals surface area contributed by atoms with E-state index in [4.69, 9.17) is 4.74 Å². The van der Waals surface area contributed by atoms with Crippen LogP contribution >= 0.6 is 0 Å². The molecule has 15 heavy (non-hydrogen) atoms. The molecule has 2 rings (SSSR count).